The van der Waals surface area contributed by atoms with Gasteiger partial charge in [0.15, 0.2) is 11.5 Å². The summed E-state index contributed by atoms with van der Waals surface area (Å²) in [6.07, 6.45) is 0. The number of rotatable bonds is 6. The van der Waals surface area contributed by atoms with Crippen molar-refractivity contribution in [1.82, 2.24) is 0 Å². The number of aromatic hydroxyl groups is 3. The minimum Gasteiger partial charge on any atom is -0.508 e. The van der Waals surface area contributed by atoms with Crippen LogP contribution in [0.25, 0.3) is 0 Å². The van der Waals surface area contributed by atoms with Crippen LogP contribution in [0.1, 0.15) is 11.1 Å². The van der Waals surface area contributed by atoms with Crippen molar-refractivity contribution >= 4 is 23.5 Å². The van der Waals surface area contributed by atoms with Crippen LogP contribution in [0.15, 0.2) is 98.4 Å². The molecule has 0 aliphatic heterocycles. The number of aryl methyl sites for hydroxylation is 2. The van der Waals surface area contributed by atoms with Crippen LogP contribution in [0.3, 0.4) is 0 Å². The molecule has 4 rings (SSSR count). The molecule has 0 radical (unpaired) electrons. The highest BCUT2D eigenvalue weighted by Crippen LogP contribution is 2.42. The number of phenols is 3. The molecule has 4 aromatic carbocycles. The van der Waals surface area contributed by atoms with E-state index in [1.807, 2.05) is 68.4 Å². The van der Waals surface area contributed by atoms with Gasteiger partial charge in [0.1, 0.15) is 17.2 Å². The fourth-order valence-electron chi connectivity index (χ4n) is 3.02. The van der Waals surface area contributed by atoms with Crippen LogP contribution >= 0.6 is 23.5 Å². The first kappa shape index (κ1) is 22.0. The smallest absolute Gasteiger partial charge is 0.170 e. The van der Waals surface area contributed by atoms with E-state index in [1.54, 1.807) is 24.3 Å². The zero-order valence-corrected chi connectivity index (χ0v) is 19.2. The molecule has 0 saturated carbocycles. The van der Waals surface area contributed by atoms with Crippen LogP contribution in [0.2, 0.25) is 0 Å². The van der Waals surface area contributed by atoms with Crippen LogP contribution in [0.4, 0.5) is 0 Å². The summed E-state index contributed by atoms with van der Waals surface area (Å²) in [5.74, 6) is 1.57. The first-order valence-electron chi connectivity index (χ1n) is 9.94. The third-order valence-electron chi connectivity index (χ3n) is 4.80. The molecule has 0 fully saturated rings. The summed E-state index contributed by atoms with van der Waals surface area (Å²) >= 11 is 3.05. The Morgan fingerprint density at radius 1 is 0.562 bits per heavy atom. The molecule has 4 nitrogen and oxygen atoms in total. The van der Waals surface area contributed by atoms with E-state index >= 15 is 0 Å². The molecular weight excluding hydrogens is 440 g/mol. The van der Waals surface area contributed by atoms with Gasteiger partial charge in [-0.2, -0.15) is 0 Å². The van der Waals surface area contributed by atoms with Crippen molar-refractivity contribution in [3.63, 3.8) is 0 Å². The zero-order chi connectivity index (χ0) is 22.7. The summed E-state index contributed by atoms with van der Waals surface area (Å²) in [5, 5.41) is 29.9. The van der Waals surface area contributed by atoms with Crippen molar-refractivity contribution in [2.45, 2.75) is 33.4 Å². The normalized spacial score (nSPS) is 10.8. The molecule has 0 heterocycles. The molecule has 0 aliphatic rings. The van der Waals surface area contributed by atoms with Crippen molar-refractivity contribution in [1.29, 1.82) is 0 Å². The Bertz CT molecular complexity index is 1270. The van der Waals surface area contributed by atoms with Gasteiger partial charge >= 0.3 is 0 Å². The van der Waals surface area contributed by atoms with Gasteiger partial charge in [0.25, 0.3) is 0 Å². The monoisotopic (exact) mass is 462 g/mol. The van der Waals surface area contributed by atoms with Crippen LogP contribution < -0.4 is 4.74 Å². The number of benzene rings is 4. The van der Waals surface area contributed by atoms with Crippen LogP contribution in [0, 0.1) is 13.8 Å². The van der Waals surface area contributed by atoms with E-state index < -0.39 is 0 Å². The molecule has 0 atom stereocenters. The largest absolute Gasteiger partial charge is 0.508 e. The molecule has 0 bridgehead atoms. The molecule has 6 heteroatoms. The van der Waals surface area contributed by atoms with Gasteiger partial charge < -0.3 is 20.1 Å². The lowest BCUT2D eigenvalue weighted by molar-refractivity contribution is 0.405. The lowest BCUT2D eigenvalue weighted by atomic mass is 10.2. The van der Waals surface area contributed by atoms with Gasteiger partial charge in [-0.25, -0.2) is 0 Å². The standard InChI is InChI=1S/C26H22O4S2/c1-16-13-18(7-10-21(16)27)31-20-9-12-23(29)25(15-20)30-24-5-3-4-6-26(24)32-19-8-11-22(28)17(2)14-19/h3-15,27-29H,1-2H3. The molecule has 3 N–H and O–H groups in total. The minimum absolute atomic E-state index is 0.0523. The molecule has 32 heavy (non-hydrogen) atoms. The number of ether oxygens (including phenoxy) is 1. The predicted octanol–water partition coefficient (Wildman–Crippen LogP) is 7.51. The van der Waals surface area contributed by atoms with Gasteiger partial charge in [-0.15, -0.1) is 0 Å². The van der Waals surface area contributed by atoms with Crippen molar-refractivity contribution < 1.29 is 20.1 Å². The number of hydrogen-bond donors (Lipinski definition) is 3. The lowest BCUT2D eigenvalue weighted by Crippen LogP contribution is -1.88. The molecule has 0 aliphatic carbocycles. The van der Waals surface area contributed by atoms with Crippen LogP contribution in [0.5, 0.6) is 28.7 Å². The number of phenolic OH excluding ortho intramolecular Hbond substituents is 3. The first-order chi connectivity index (χ1) is 15.4. The maximum absolute atomic E-state index is 10.4. The van der Waals surface area contributed by atoms with E-state index in [0.717, 1.165) is 30.7 Å². The Balaban J connectivity index is 1.58. The number of hydrogen-bond acceptors (Lipinski definition) is 6. The van der Waals surface area contributed by atoms with E-state index in [1.165, 1.54) is 23.5 Å². The Morgan fingerprint density at radius 3 is 1.72 bits per heavy atom. The summed E-state index contributed by atoms with van der Waals surface area (Å²) in [5.41, 5.74) is 1.61. The highest BCUT2D eigenvalue weighted by molar-refractivity contribution is 7.99. The lowest BCUT2D eigenvalue weighted by Gasteiger charge is -2.13. The van der Waals surface area contributed by atoms with Gasteiger partial charge in [0.2, 0.25) is 0 Å². The molecule has 0 amide bonds. The highest BCUT2D eigenvalue weighted by atomic mass is 32.2. The van der Waals surface area contributed by atoms with E-state index in [9.17, 15) is 15.3 Å². The fraction of sp³-hybridized carbons (Fsp3) is 0.0769. The van der Waals surface area contributed by atoms with Gasteiger partial charge in [-0.1, -0.05) is 35.7 Å². The topological polar surface area (TPSA) is 69.9 Å². The molecule has 0 spiro atoms. The quantitative estimate of drug-likeness (QED) is 0.275. The highest BCUT2D eigenvalue weighted by Gasteiger charge is 2.12. The Morgan fingerprint density at radius 2 is 1.09 bits per heavy atom. The molecule has 162 valence electrons. The Kier molecular flexibility index (Phi) is 6.53. The fourth-order valence-corrected chi connectivity index (χ4v) is 4.95. The van der Waals surface area contributed by atoms with Gasteiger partial charge in [0, 0.05) is 14.7 Å². The molecule has 0 aromatic heterocycles. The molecule has 0 unspecified atom stereocenters. The third-order valence-corrected chi connectivity index (χ3v) is 6.83. The second-order valence-corrected chi connectivity index (χ2v) is 9.54. The van der Waals surface area contributed by atoms with E-state index in [-0.39, 0.29) is 17.2 Å². The SMILES string of the molecule is Cc1cc(Sc2ccc(O)c(Oc3ccccc3Sc3ccc(O)c(C)c3)c2)ccc1O. The molecule has 4 aromatic rings. The molecular formula is C26H22O4S2. The van der Waals surface area contributed by atoms with Crippen molar-refractivity contribution in [2.75, 3.05) is 0 Å². The summed E-state index contributed by atoms with van der Waals surface area (Å²) in [6.45, 7) is 3.72. The third kappa shape index (κ3) is 5.15. The Hall–Kier alpha value is -3.22. The number of para-hydroxylation sites is 1. The first-order valence-corrected chi connectivity index (χ1v) is 11.6. The summed E-state index contributed by atoms with van der Waals surface area (Å²) in [6, 6.07) is 23.8. The maximum Gasteiger partial charge on any atom is 0.170 e. The average Bonchev–Trinajstić information content (AvgIpc) is 2.77. The van der Waals surface area contributed by atoms with Gasteiger partial charge in [0.05, 0.1) is 4.90 Å². The maximum atomic E-state index is 10.4. The second-order valence-electron chi connectivity index (χ2n) is 7.28. The van der Waals surface area contributed by atoms with Crippen molar-refractivity contribution in [3.8, 4) is 28.7 Å². The van der Waals surface area contributed by atoms with Crippen LogP contribution in [-0.2, 0) is 0 Å². The average molecular weight is 463 g/mol. The summed E-state index contributed by atoms with van der Waals surface area (Å²) < 4.78 is 6.11. The minimum atomic E-state index is 0.0523. The molecule has 0 saturated heterocycles. The predicted molar refractivity (Wildman–Crippen MR) is 129 cm³/mol. The van der Waals surface area contributed by atoms with Crippen LogP contribution in [-0.4, -0.2) is 15.3 Å². The van der Waals surface area contributed by atoms with Crippen molar-refractivity contribution in [3.05, 3.63) is 90.0 Å². The van der Waals surface area contributed by atoms with Gasteiger partial charge in [-0.3, -0.25) is 0 Å². The Labute approximate surface area is 195 Å². The van der Waals surface area contributed by atoms with E-state index in [0.29, 0.717) is 11.5 Å². The zero-order valence-electron chi connectivity index (χ0n) is 17.6. The van der Waals surface area contributed by atoms with E-state index in [4.69, 9.17) is 4.74 Å². The van der Waals surface area contributed by atoms with Crippen molar-refractivity contribution in [2.24, 2.45) is 0 Å². The summed E-state index contributed by atoms with van der Waals surface area (Å²) in [4.78, 5) is 3.76. The summed E-state index contributed by atoms with van der Waals surface area (Å²) in [7, 11) is 0. The second kappa shape index (κ2) is 9.51. The van der Waals surface area contributed by atoms with E-state index in [2.05, 4.69) is 0 Å². The van der Waals surface area contributed by atoms with Gasteiger partial charge in [-0.05, 0) is 91.7 Å².